The van der Waals surface area contributed by atoms with E-state index in [1.165, 1.54) is 50.1 Å². The van der Waals surface area contributed by atoms with Crippen molar-refractivity contribution in [1.29, 1.82) is 0 Å². The average molecular weight is 288 g/mol. The summed E-state index contributed by atoms with van der Waals surface area (Å²) < 4.78 is 0. The Balaban J connectivity index is 1.56. The highest BCUT2D eigenvalue weighted by Gasteiger charge is 2.30. The number of piperidine rings is 1. The van der Waals surface area contributed by atoms with E-state index in [1.54, 1.807) is 0 Å². The van der Waals surface area contributed by atoms with Gasteiger partial charge in [-0.05, 0) is 37.3 Å². The van der Waals surface area contributed by atoms with E-state index in [0.717, 1.165) is 23.9 Å². The molecule has 3 rings (SSSR count). The van der Waals surface area contributed by atoms with E-state index in [2.05, 4.69) is 28.2 Å². The predicted molar refractivity (Wildman–Crippen MR) is 85.6 cm³/mol. The highest BCUT2D eigenvalue weighted by molar-refractivity contribution is 7.10. The first-order valence-electron chi connectivity index (χ1n) is 7.84. The fraction of sp³-hybridized carbons (Fsp3) is 0.647. The lowest BCUT2D eigenvalue weighted by atomic mass is 9.75. The van der Waals surface area contributed by atoms with Gasteiger partial charge in [-0.15, -0.1) is 11.3 Å². The zero-order chi connectivity index (χ0) is 13.8. The summed E-state index contributed by atoms with van der Waals surface area (Å²) >= 11 is 1.84. The third-order valence-corrected chi connectivity index (χ3v) is 5.66. The van der Waals surface area contributed by atoms with Crippen molar-refractivity contribution in [1.82, 2.24) is 4.90 Å². The zero-order valence-corrected chi connectivity index (χ0v) is 12.9. The van der Waals surface area contributed by atoms with E-state index in [-0.39, 0.29) is 0 Å². The number of fused-ring (bicyclic) bond motifs is 1. The molecule has 2 fully saturated rings. The van der Waals surface area contributed by atoms with Crippen molar-refractivity contribution in [3.63, 3.8) is 0 Å². The standard InChI is InChI=1S/C17H24N2S/c18-8-3-4-14-10-17(20-13-14)12-19-9-7-15-5-1-2-6-16(15)11-19/h10,13,15-16H,1-2,5-9,11-12,18H2. The van der Waals surface area contributed by atoms with Gasteiger partial charge in [0.1, 0.15) is 0 Å². The van der Waals surface area contributed by atoms with E-state index in [0.29, 0.717) is 6.54 Å². The Morgan fingerprint density at radius 1 is 1.25 bits per heavy atom. The van der Waals surface area contributed by atoms with Crippen LogP contribution in [0.5, 0.6) is 0 Å². The molecule has 1 saturated carbocycles. The van der Waals surface area contributed by atoms with Crippen LogP contribution in [0.4, 0.5) is 0 Å². The van der Waals surface area contributed by atoms with Crippen LogP contribution in [0.25, 0.3) is 0 Å². The van der Waals surface area contributed by atoms with Gasteiger partial charge in [-0.3, -0.25) is 4.90 Å². The van der Waals surface area contributed by atoms with Crippen molar-refractivity contribution in [2.24, 2.45) is 17.6 Å². The molecule has 3 heteroatoms. The van der Waals surface area contributed by atoms with E-state index in [9.17, 15) is 0 Å². The first-order chi connectivity index (χ1) is 9.85. The highest BCUT2D eigenvalue weighted by Crippen LogP contribution is 2.36. The second-order valence-corrected chi connectivity index (χ2v) is 7.13. The van der Waals surface area contributed by atoms with Crippen LogP contribution in [0, 0.1) is 23.7 Å². The summed E-state index contributed by atoms with van der Waals surface area (Å²) in [6.07, 6.45) is 7.27. The molecule has 2 N–H and O–H groups in total. The van der Waals surface area contributed by atoms with Crippen LogP contribution < -0.4 is 5.73 Å². The maximum atomic E-state index is 5.42. The van der Waals surface area contributed by atoms with Crippen LogP contribution >= 0.6 is 11.3 Å². The molecule has 0 spiro atoms. The van der Waals surface area contributed by atoms with Crippen LogP contribution in [0.1, 0.15) is 42.5 Å². The minimum Gasteiger partial charge on any atom is -0.320 e. The maximum absolute atomic E-state index is 5.42. The molecule has 1 aromatic heterocycles. The molecule has 0 amide bonds. The van der Waals surface area contributed by atoms with Crippen LogP contribution in [0.2, 0.25) is 0 Å². The molecule has 1 aromatic rings. The Labute approximate surface area is 126 Å². The second kappa shape index (κ2) is 6.76. The van der Waals surface area contributed by atoms with Gasteiger partial charge >= 0.3 is 0 Å². The molecule has 1 aliphatic carbocycles. The molecule has 2 atom stereocenters. The maximum Gasteiger partial charge on any atom is 0.0555 e. The van der Waals surface area contributed by atoms with E-state index in [1.807, 2.05) is 11.3 Å². The molecular weight excluding hydrogens is 264 g/mol. The first kappa shape index (κ1) is 14.1. The van der Waals surface area contributed by atoms with Crippen LogP contribution in [-0.2, 0) is 6.54 Å². The Morgan fingerprint density at radius 2 is 2.10 bits per heavy atom. The number of likely N-dealkylation sites (tertiary alicyclic amines) is 1. The van der Waals surface area contributed by atoms with Crippen molar-refractivity contribution in [3.05, 3.63) is 21.9 Å². The number of thiophene rings is 1. The highest BCUT2D eigenvalue weighted by atomic mass is 32.1. The lowest BCUT2D eigenvalue weighted by Crippen LogP contribution is -2.41. The van der Waals surface area contributed by atoms with Crippen molar-refractivity contribution >= 4 is 11.3 Å². The summed E-state index contributed by atoms with van der Waals surface area (Å²) in [4.78, 5) is 4.10. The van der Waals surface area contributed by atoms with Crippen LogP contribution in [-0.4, -0.2) is 24.5 Å². The minimum absolute atomic E-state index is 0.445. The van der Waals surface area contributed by atoms with Gasteiger partial charge in [-0.1, -0.05) is 31.1 Å². The van der Waals surface area contributed by atoms with E-state index in [4.69, 9.17) is 5.73 Å². The number of nitrogens with two attached hydrogens (primary N) is 1. The van der Waals surface area contributed by atoms with Gasteiger partial charge < -0.3 is 5.73 Å². The molecule has 0 radical (unpaired) electrons. The Bertz CT molecular complexity index is 497. The van der Waals surface area contributed by atoms with Gasteiger partial charge in [0.25, 0.3) is 0 Å². The lowest BCUT2D eigenvalue weighted by molar-refractivity contribution is 0.0827. The normalized spacial score (nSPS) is 26.6. The van der Waals surface area contributed by atoms with Crippen molar-refractivity contribution in [3.8, 4) is 11.8 Å². The van der Waals surface area contributed by atoms with Crippen molar-refractivity contribution in [2.45, 2.75) is 38.6 Å². The minimum atomic E-state index is 0.445. The van der Waals surface area contributed by atoms with Gasteiger partial charge in [0.2, 0.25) is 0 Å². The Hall–Kier alpha value is -0.820. The van der Waals surface area contributed by atoms with Gasteiger partial charge in [0.05, 0.1) is 6.54 Å². The van der Waals surface area contributed by atoms with Crippen molar-refractivity contribution < 1.29 is 0 Å². The molecule has 108 valence electrons. The van der Waals surface area contributed by atoms with Gasteiger partial charge in [0.15, 0.2) is 0 Å². The number of rotatable bonds is 2. The number of nitrogens with zero attached hydrogens (tertiary/aromatic N) is 1. The molecule has 1 saturated heterocycles. The summed E-state index contributed by atoms with van der Waals surface area (Å²) in [6, 6.07) is 2.24. The summed E-state index contributed by atoms with van der Waals surface area (Å²) in [5, 5.41) is 2.16. The Morgan fingerprint density at radius 3 is 2.95 bits per heavy atom. The summed E-state index contributed by atoms with van der Waals surface area (Å²) in [5.74, 6) is 8.04. The zero-order valence-electron chi connectivity index (χ0n) is 12.1. The second-order valence-electron chi connectivity index (χ2n) is 6.14. The van der Waals surface area contributed by atoms with E-state index >= 15 is 0 Å². The topological polar surface area (TPSA) is 29.3 Å². The SMILES string of the molecule is NCC#Cc1csc(CN2CCC3CCCCC3C2)c1. The third kappa shape index (κ3) is 3.44. The van der Waals surface area contributed by atoms with Gasteiger partial charge in [-0.25, -0.2) is 0 Å². The molecular formula is C17H24N2S. The summed E-state index contributed by atoms with van der Waals surface area (Å²) in [7, 11) is 0. The quantitative estimate of drug-likeness (QED) is 0.848. The molecule has 0 bridgehead atoms. The average Bonchev–Trinajstić information content (AvgIpc) is 2.92. The molecule has 0 aromatic carbocycles. The fourth-order valence-corrected chi connectivity index (χ4v) is 4.58. The molecule has 2 nitrogen and oxygen atoms in total. The molecule has 1 aliphatic heterocycles. The van der Waals surface area contributed by atoms with Gasteiger partial charge in [0, 0.05) is 28.9 Å². The lowest BCUT2D eigenvalue weighted by Gasteiger charge is -2.41. The summed E-state index contributed by atoms with van der Waals surface area (Å²) in [5.41, 5.74) is 6.54. The van der Waals surface area contributed by atoms with Crippen LogP contribution in [0.15, 0.2) is 11.4 Å². The number of hydrogen-bond donors (Lipinski definition) is 1. The largest absolute Gasteiger partial charge is 0.320 e. The molecule has 2 heterocycles. The van der Waals surface area contributed by atoms with Gasteiger partial charge in [-0.2, -0.15) is 0 Å². The molecule has 2 unspecified atom stereocenters. The first-order valence-corrected chi connectivity index (χ1v) is 8.72. The van der Waals surface area contributed by atoms with Crippen molar-refractivity contribution in [2.75, 3.05) is 19.6 Å². The predicted octanol–water partition coefficient (Wildman–Crippen LogP) is 3.07. The smallest absolute Gasteiger partial charge is 0.0555 e. The number of hydrogen-bond acceptors (Lipinski definition) is 3. The van der Waals surface area contributed by atoms with Crippen LogP contribution in [0.3, 0.4) is 0 Å². The molecule has 2 aliphatic rings. The monoisotopic (exact) mass is 288 g/mol. The summed E-state index contributed by atoms with van der Waals surface area (Å²) in [6.45, 7) is 4.15. The fourth-order valence-electron chi connectivity index (χ4n) is 3.72. The Kier molecular flexibility index (Phi) is 4.77. The molecule has 20 heavy (non-hydrogen) atoms. The van der Waals surface area contributed by atoms with E-state index < -0.39 is 0 Å². The third-order valence-electron chi connectivity index (χ3n) is 4.74.